The van der Waals surface area contributed by atoms with Crippen LogP contribution in [0, 0.1) is 11.8 Å². The molecule has 0 spiro atoms. The first-order valence-corrected chi connectivity index (χ1v) is 5.78. The van der Waals surface area contributed by atoms with Crippen molar-refractivity contribution < 1.29 is 9.90 Å². The van der Waals surface area contributed by atoms with E-state index in [-0.39, 0.29) is 17.8 Å². The van der Waals surface area contributed by atoms with Crippen LogP contribution in [0.25, 0.3) is 0 Å². The lowest BCUT2D eigenvalue weighted by atomic mass is 9.82. The Hall–Kier alpha value is -1.38. The number of carboxylic acid groups (broad SMARTS) is 1. The van der Waals surface area contributed by atoms with Crippen LogP contribution in [0.3, 0.4) is 0 Å². The van der Waals surface area contributed by atoms with Crippen molar-refractivity contribution in [3.8, 4) is 0 Å². The van der Waals surface area contributed by atoms with Crippen LogP contribution in [0.1, 0.15) is 37.4 Å². The van der Waals surface area contributed by atoms with Gasteiger partial charge in [-0.1, -0.05) is 19.9 Å². The summed E-state index contributed by atoms with van der Waals surface area (Å²) in [6, 6.07) is 3.98. The van der Waals surface area contributed by atoms with E-state index in [1.54, 1.807) is 6.20 Å². The van der Waals surface area contributed by atoms with Crippen molar-refractivity contribution in [2.75, 3.05) is 0 Å². The van der Waals surface area contributed by atoms with Gasteiger partial charge in [-0.2, -0.15) is 0 Å². The number of aliphatic carboxylic acids is 1. The Morgan fingerprint density at radius 3 is 2.94 bits per heavy atom. The molecule has 0 saturated heterocycles. The molecule has 3 heteroatoms. The molecular formula is C13H17NO2. The molecule has 16 heavy (non-hydrogen) atoms. The van der Waals surface area contributed by atoms with E-state index in [4.69, 9.17) is 0 Å². The fourth-order valence-corrected chi connectivity index (χ4v) is 2.72. The summed E-state index contributed by atoms with van der Waals surface area (Å²) in [5, 5.41) is 9.30. The van der Waals surface area contributed by atoms with Gasteiger partial charge < -0.3 is 5.11 Å². The maximum Gasteiger partial charge on any atom is 0.307 e. The molecule has 1 aliphatic rings. The highest BCUT2D eigenvalue weighted by Crippen LogP contribution is 2.39. The summed E-state index contributed by atoms with van der Waals surface area (Å²) >= 11 is 0. The third-order valence-corrected chi connectivity index (χ3v) is 3.44. The molecule has 0 fully saturated rings. The topological polar surface area (TPSA) is 50.2 Å². The fraction of sp³-hybridized carbons (Fsp3) is 0.538. The molecule has 0 aliphatic heterocycles. The molecule has 1 aliphatic carbocycles. The summed E-state index contributed by atoms with van der Waals surface area (Å²) in [4.78, 5) is 15.7. The molecule has 2 atom stereocenters. The lowest BCUT2D eigenvalue weighted by molar-refractivity contribution is -0.144. The van der Waals surface area contributed by atoms with Crippen LogP contribution in [0.2, 0.25) is 0 Å². The van der Waals surface area contributed by atoms with Crippen LogP contribution in [-0.2, 0) is 11.2 Å². The molecule has 2 unspecified atom stereocenters. The molecule has 0 bridgehead atoms. The number of pyridine rings is 1. The number of nitrogens with zero attached hydrogens (tertiary/aromatic N) is 1. The van der Waals surface area contributed by atoms with Crippen LogP contribution in [0.5, 0.6) is 0 Å². The smallest absolute Gasteiger partial charge is 0.307 e. The predicted molar refractivity (Wildman–Crippen MR) is 61.3 cm³/mol. The van der Waals surface area contributed by atoms with Gasteiger partial charge in [0.15, 0.2) is 0 Å². The number of carboxylic acids is 1. The highest BCUT2D eigenvalue weighted by molar-refractivity contribution is 5.72. The summed E-state index contributed by atoms with van der Waals surface area (Å²) in [7, 11) is 0. The van der Waals surface area contributed by atoms with E-state index >= 15 is 0 Å². The highest BCUT2D eigenvalue weighted by Gasteiger charge is 2.36. The number of aryl methyl sites for hydroxylation is 1. The SMILES string of the molecule is CC(C)C(C(=O)O)C1CCc2cccnc21. The van der Waals surface area contributed by atoms with Crippen molar-refractivity contribution in [1.82, 2.24) is 4.98 Å². The van der Waals surface area contributed by atoms with Gasteiger partial charge in [0.05, 0.1) is 5.92 Å². The molecule has 2 rings (SSSR count). The second kappa shape index (κ2) is 4.24. The number of aromatic nitrogens is 1. The van der Waals surface area contributed by atoms with Crippen LogP contribution < -0.4 is 0 Å². The number of rotatable bonds is 3. The third kappa shape index (κ3) is 1.82. The van der Waals surface area contributed by atoms with Gasteiger partial charge >= 0.3 is 5.97 Å². The second-order valence-electron chi connectivity index (χ2n) is 4.80. The van der Waals surface area contributed by atoms with E-state index in [1.807, 2.05) is 19.9 Å². The first-order valence-electron chi connectivity index (χ1n) is 5.78. The fourth-order valence-electron chi connectivity index (χ4n) is 2.72. The van der Waals surface area contributed by atoms with Crippen molar-refractivity contribution in [1.29, 1.82) is 0 Å². The van der Waals surface area contributed by atoms with Crippen molar-refractivity contribution in [3.63, 3.8) is 0 Å². The van der Waals surface area contributed by atoms with E-state index in [9.17, 15) is 9.90 Å². The van der Waals surface area contributed by atoms with Gasteiger partial charge in [-0.25, -0.2) is 0 Å². The largest absolute Gasteiger partial charge is 0.481 e. The zero-order valence-corrected chi connectivity index (χ0v) is 9.68. The van der Waals surface area contributed by atoms with Gasteiger partial charge in [0.2, 0.25) is 0 Å². The lowest BCUT2D eigenvalue weighted by Crippen LogP contribution is -2.26. The number of hydrogen-bond acceptors (Lipinski definition) is 2. The molecule has 0 aromatic carbocycles. The Kier molecular flexibility index (Phi) is 2.95. The normalized spacial score (nSPS) is 20.8. The van der Waals surface area contributed by atoms with Crippen molar-refractivity contribution in [2.24, 2.45) is 11.8 Å². The maximum absolute atomic E-state index is 11.3. The maximum atomic E-state index is 11.3. The van der Waals surface area contributed by atoms with E-state index < -0.39 is 5.97 Å². The van der Waals surface area contributed by atoms with Gasteiger partial charge in [-0.15, -0.1) is 0 Å². The van der Waals surface area contributed by atoms with Crippen LogP contribution in [0.15, 0.2) is 18.3 Å². The Morgan fingerprint density at radius 1 is 1.56 bits per heavy atom. The Morgan fingerprint density at radius 2 is 2.31 bits per heavy atom. The Bertz CT molecular complexity index is 401. The summed E-state index contributed by atoms with van der Waals surface area (Å²) < 4.78 is 0. The minimum absolute atomic E-state index is 0.0914. The molecule has 1 heterocycles. The van der Waals surface area contributed by atoms with Gasteiger partial charge in [-0.3, -0.25) is 9.78 Å². The quantitative estimate of drug-likeness (QED) is 0.849. The summed E-state index contributed by atoms with van der Waals surface area (Å²) in [6.45, 7) is 3.94. The number of fused-ring (bicyclic) bond motifs is 1. The first kappa shape index (κ1) is 11.1. The first-order chi connectivity index (χ1) is 7.61. The summed E-state index contributed by atoms with van der Waals surface area (Å²) in [6.07, 6.45) is 3.64. The van der Waals surface area contributed by atoms with Gasteiger partial charge in [0, 0.05) is 17.8 Å². The van der Waals surface area contributed by atoms with E-state index in [2.05, 4.69) is 11.1 Å². The van der Waals surface area contributed by atoms with Crippen LogP contribution in [-0.4, -0.2) is 16.1 Å². The predicted octanol–water partition coefficient (Wildman–Crippen LogP) is 2.47. The van der Waals surface area contributed by atoms with E-state index in [0.717, 1.165) is 18.5 Å². The zero-order chi connectivity index (χ0) is 11.7. The molecule has 1 aromatic rings. The van der Waals surface area contributed by atoms with E-state index in [1.165, 1.54) is 5.56 Å². The average molecular weight is 219 g/mol. The molecule has 86 valence electrons. The van der Waals surface area contributed by atoms with Gasteiger partial charge in [0.1, 0.15) is 0 Å². The lowest BCUT2D eigenvalue weighted by Gasteiger charge is -2.23. The minimum atomic E-state index is -0.696. The van der Waals surface area contributed by atoms with Gasteiger partial charge in [-0.05, 0) is 30.4 Å². The second-order valence-corrected chi connectivity index (χ2v) is 4.80. The average Bonchev–Trinajstić information content (AvgIpc) is 2.61. The molecule has 0 saturated carbocycles. The number of carbonyl (C=O) groups is 1. The summed E-state index contributed by atoms with van der Waals surface area (Å²) in [5.74, 6) is -0.765. The van der Waals surface area contributed by atoms with Crippen LogP contribution in [0.4, 0.5) is 0 Å². The van der Waals surface area contributed by atoms with Crippen LogP contribution >= 0.6 is 0 Å². The van der Waals surface area contributed by atoms with E-state index in [0.29, 0.717) is 0 Å². The van der Waals surface area contributed by atoms with Crippen molar-refractivity contribution >= 4 is 5.97 Å². The van der Waals surface area contributed by atoms with Crippen molar-refractivity contribution in [3.05, 3.63) is 29.6 Å². The van der Waals surface area contributed by atoms with Gasteiger partial charge in [0.25, 0.3) is 0 Å². The highest BCUT2D eigenvalue weighted by atomic mass is 16.4. The minimum Gasteiger partial charge on any atom is -0.481 e. The standard InChI is InChI=1S/C13H17NO2/c1-8(2)11(13(15)16)10-6-5-9-4-3-7-14-12(9)10/h3-4,7-8,10-11H,5-6H2,1-2H3,(H,15,16). The molecular weight excluding hydrogens is 202 g/mol. The molecule has 3 nitrogen and oxygen atoms in total. The summed E-state index contributed by atoms with van der Waals surface area (Å²) in [5.41, 5.74) is 2.23. The third-order valence-electron chi connectivity index (χ3n) is 3.44. The molecule has 1 N–H and O–H groups in total. The molecule has 1 aromatic heterocycles. The molecule has 0 radical (unpaired) electrons. The monoisotopic (exact) mass is 219 g/mol. The Balaban J connectivity index is 2.33. The molecule has 0 amide bonds. The zero-order valence-electron chi connectivity index (χ0n) is 9.68. The number of hydrogen-bond donors (Lipinski definition) is 1. The Labute approximate surface area is 95.5 Å². The van der Waals surface area contributed by atoms with Crippen molar-refractivity contribution in [2.45, 2.75) is 32.6 Å².